The molecule has 0 radical (unpaired) electrons. The Hall–Kier alpha value is 0.750. The van der Waals surface area contributed by atoms with Gasteiger partial charge in [-0.15, -0.1) is 0 Å². The molecule has 0 aliphatic carbocycles. The molecule has 0 heterocycles. The molecule has 0 saturated heterocycles. The van der Waals surface area contributed by atoms with Crippen molar-refractivity contribution in [3.05, 3.63) is 0 Å². The highest BCUT2D eigenvalue weighted by Crippen LogP contribution is 2.21. The highest BCUT2D eigenvalue weighted by Gasteiger charge is 2.05. The SMILES string of the molecule is CCCC(CCC)SN=CI. The molecule has 0 rings (SSSR count). The van der Waals surface area contributed by atoms with Crippen LogP contribution in [0.2, 0.25) is 0 Å². The second-order valence-electron chi connectivity index (χ2n) is 2.51. The lowest BCUT2D eigenvalue weighted by Gasteiger charge is -2.09. The molecule has 0 fully saturated rings. The predicted octanol–water partition coefficient (Wildman–Crippen LogP) is 4.07. The summed E-state index contributed by atoms with van der Waals surface area (Å²) in [6, 6.07) is 0. The zero-order chi connectivity index (χ0) is 8.53. The molecular weight excluding hydrogens is 269 g/mol. The minimum Gasteiger partial charge on any atom is -0.218 e. The Morgan fingerprint density at radius 3 is 2.27 bits per heavy atom. The lowest BCUT2D eigenvalue weighted by atomic mass is 10.2. The average molecular weight is 285 g/mol. The summed E-state index contributed by atoms with van der Waals surface area (Å²) in [5.41, 5.74) is 0. The zero-order valence-electron chi connectivity index (χ0n) is 7.22. The van der Waals surface area contributed by atoms with Crippen LogP contribution in [0.5, 0.6) is 0 Å². The lowest BCUT2D eigenvalue weighted by Crippen LogP contribution is -1.99. The van der Waals surface area contributed by atoms with Gasteiger partial charge in [-0.05, 0) is 47.4 Å². The predicted molar refractivity (Wildman–Crippen MR) is 63.7 cm³/mol. The number of halogens is 1. The van der Waals surface area contributed by atoms with Gasteiger partial charge in [-0.1, -0.05) is 26.7 Å². The van der Waals surface area contributed by atoms with Crippen molar-refractivity contribution in [1.29, 1.82) is 0 Å². The fraction of sp³-hybridized carbons (Fsp3) is 0.875. The van der Waals surface area contributed by atoms with E-state index < -0.39 is 0 Å². The van der Waals surface area contributed by atoms with Crippen LogP contribution >= 0.6 is 34.5 Å². The monoisotopic (exact) mass is 285 g/mol. The van der Waals surface area contributed by atoms with E-state index in [4.69, 9.17) is 0 Å². The Morgan fingerprint density at radius 2 is 1.91 bits per heavy atom. The molecule has 3 heteroatoms. The van der Waals surface area contributed by atoms with E-state index in [2.05, 4.69) is 40.8 Å². The second-order valence-corrected chi connectivity index (χ2v) is 4.15. The van der Waals surface area contributed by atoms with E-state index in [0.717, 1.165) is 5.25 Å². The quantitative estimate of drug-likeness (QED) is 0.407. The minimum atomic E-state index is 0.746. The molecule has 0 aromatic rings. The van der Waals surface area contributed by atoms with Gasteiger partial charge < -0.3 is 0 Å². The van der Waals surface area contributed by atoms with Crippen LogP contribution in [0.4, 0.5) is 0 Å². The second kappa shape index (κ2) is 8.84. The highest BCUT2D eigenvalue weighted by molar-refractivity contribution is 14.1. The Kier molecular flexibility index (Phi) is 9.45. The third kappa shape index (κ3) is 7.12. The normalized spacial score (nSPS) is 11.6. The van der Waals surface area contributed by atoms with Crippen molar-refractivity contribution in [2.75, 3.05) is 0 Å². The van der Waals surface area contributed by atoms with Gasteiger partial charge in [-0.25, -0.2) is 4.40 Å². The topological polar surface area (TPSA) is 12.4 Å². The summed E-state index contributed by atoms with van der Waals surface area (Å²) in [6.07, 6.45) is 5.14. The Morgan fingerprint density at radius 1 is 1.36 bits per heavy atom. The maximum atomic E-state index is 4.19. The van der Waals surface area contributed by atoms with Gasteiger partial charge in [-0.2, -0.15) is 0 Å². The highest BCUT2D eigenvalue weighted by atomic mass is 127. The first-order chi connectivity index (χ1) is 5.35. The molecule has 0 amide bonds. The van der Waals surface area contributed by atoms with Gasteiger partial charge in [0.15, 0.2) is 0 Å². The summed E-state index contributed by atoms with van der Waals surface area (Å²) in [5.74, 6) is 0. The fourth-order valence-electron chi connectivity index (χ4n) is 1.00. The average Bonchev–Trinajstić information content (AvgIpc) is 2.01. The molecule has 0 aromatic heterocycles. The van der Waals surface area contributed by atoms with E-state index in [-0.39, 0.29) is 0 Å². The van der Waals surface area contributed by atoms with Crippen molar-refractivity contribution in [2.45, 2.75) is 44.8 Å². The van der Waals surface area contributed by atoms with E-state index in [1.807, 2.05) is 4.22 Å². The largest absolute Gasteiger partial charge is 0.218 e. The van der Waals surface area contributed by atoms with Crippen molar-refractivity contribution in [3.63, 3.8) is 0 Å². The first kappa shape index (κ1) is 11.8. The molecule has 0 bridgehead atoms. The number of rotatable bonds is 6. The molecule has 1 nitrogen and oxygen atoms in total. The Bertz CT molecular complexity index is 100. The van der Waals surface area contributed by atoms with Crippen molar-refractivity contribution in [1.82, 2.24) is 0 Å². The summed E-state index contributed by atoms with van der Waals surface area (Å²) < 4.78 is 6.04. The summed E-state index contributed by atoms with van der Waals surface area (Å²) >= 11 is 3.90. The van der Waals surface area contributed by atoms with E-state index in [1.54, 1.807) is 11.9 Å². The molecule has 0 unspecified atom stereocenters. The summed E-state index contributed by atoms with van der Waals surface area (Å²) in [7, 11) is 0. The summed E-state index contributed by atoms with van der Waals surface area (Å²) in [6.45, 7) is 4.47. The van der Waals surface area contributed by atoms with E-state index in [0.29, 0.717) is 0 Å². The van der Waals surface area contributed by atoms with Crippen LogP contribution in [0.1, 0.15) is 39.5 Å². The molecule has 0 saturated carbocycles. The van der Waals surface area contributed by atoms with Gasteiger partial charge in [0.05, 0.1) is 4.22 Å². The standard InChI is InChI=1S/C8H16INS/c1-3-5-8(6-4-2)11-10-7-9/h7-8H,3-6H2,1-2H3. The molecule has 0 N–H and O–H groups in total. The Balaban J connectivity index is 3.50. The summed E-state index contributed by atoms with van der Waals surface area (Å²) in [4.78, 5) is 0. The van der Waals surface area contributed by atoms with E-state index in [1.165, 1.54) is 25.7 Å². The maximum absolute atomic E-state index is 4.19. The van der Waals surface area contributed by atoms with Gasteiger partial charge in [0.25, 0.3) is 0 Å². The molecular formula is C8H16INS. The zero-order valence-corrected chi connectivity index (χ0v) is 10.2. The van der Waals surface area contributed by atoms with Gasteiger partial charge in [0.2, 0.25) is 0 Å². The molecule has 0 aliphatic heterocycles. The van der Waals surface area contributed by atoms with Crippen molar-refractivity contribution in [3.8, 4) is 0 Å². The lowest BCUT2D eigenvalue weighted by molar-refractivity contribution is 0.673. The van der Waals surface area contributed by atoms with Crippen LogP contribution in [0.3, 0.4) is 0 Å². The first-order valence-corrected chi connectivity index (χ1v) is 6.21. The van der Waals surface area contributed by atoms with Crippen LogP contribution in [0, 0.1) is 0 Å². The van der Waals surface area contributed by atoms with Crippen LogP contribution in [0.15, 0.2) is 4.40 Å². The third-order valence-electron chi connectivity index (χ3n) is 1.47. The number of nitrogens with zero attached hydrogens (tertiary/aromatic N) is 1. The minimum absolute atomic E-state index is 0.746. The van der Waals surface area contributed by atoms with Crippen LogP contribution < -0.4 is 0 Å². The molecule has 0 aliphatic rings. The van der Waals surface area contributed by atoms with Crippen molar-refractivity contribution in [2.24, 2.45) is 4.40 Å². The third-order valence-corrected chi connectivity index (χ3v) is 3.12. The first-order valence-electron chi connectivity index (χ1n) is 4.13. The van der Waals surface area contributed by atoms with Crippen molar-refractivity contribution >= 4 is 38.8 Å². The van der Waals surface area contributed by atoms with Crippen LogP contribution in [-0.4, -0.2) is 9.47 Å². The molecule has 11 heavy (non-hydrogen) atoms. The smallest absolute Gasteiger partial charge is 0.0734 e. The van der Waals surface area contributed by atoms with Gasteiger partial charge in [0.1, 0.15) is 0 Å². The van der Waals surface area contributed by atoms with Gasteiger partial charge >= 0.3 is 0 Å². The van der Waals surface area contributed by atoms with E-state index >= 15 is 0 Å². The fourth-order valence-corrected chi connectivity index (χ4v) is 2.30. The maximum Gasteiger partial charge on any atom is 0.0734 e. The Labute approximate surface area is 87.7 Å². The van der Waals surface area contributed by atoms with Crippen LogP contribution in [0.25, 0.3) is 0 Å². The molecule has 0 aromatic carbocycles. The van der Waals surface area contributed by atoms with Crippen molar-refractivity contribution < 1.29 is 0 Å². The molecule has 0 atom stereocenters. The molecule has 0 spiro atoms. The molecule has 66 valence electrons. The summed E-state index contributed by atoms with van der Waals surface area (Å²) in [5, 5.41) is 0.746. The van der Waals surface area contributed by atoms with E-state index in [9.17, 15) is 0 Å². The van der Waals surface area contributed by atoms with Gasteiger partial charge in [-0.3, -0.25) is 0 Å². The number of hydrogen-bond donors (Lipinski definition) is 0. The van der Waals surface area contributed by atoms with Gasteiger partial charge in [0, 0.05) is 5.25 Å². The number of hydrogen-bond acceptors (Lipinski definition) is 2. The van der Waals surface area contributed by atoms with Crippen LogP contribution in [-0.2, 0) is 0 Å².